The maximum absolute atomic E-state index is 10.6. The number of rotatable bonds is 3. The molecule has 0 spiro atoms. The summed E-state index contributed by atoms with van der Waals surface area (Å²) >= 11 is 20.3. The van der Waals surface area contributed by atoms with E-state index in [2.05, 4.69) is 11.4 Å². The van der Waals surface area contributed by atoms with Crippen LogP contribution in [0.2, 0.25) is 15.1 Å². The Balaban J connectivity index is 0.000000370. The number of hydrogen-bond acceptors (Lipinski definition) is 3. The van der Waals surface area contributed by atoms with Crippen molar-refractivity contribution in [1.29, 1.82) is 0 Å². The van der Waals surface area contributed by atoms with Crippen molar-refractivity contribution >= 4 is 52.5 Å². The molecule has 0 radical (unpaired) electrons. The van der Waals surface area contributed by atoms with E-state index >= 15 is 0 Å². The maximum atomic E-state index is 10.6. The van der Waals surface area contributed by atoms with Crippen LogP contribution < -0.4 is 5.32 Å². The molecule has 1 aliphatic heterocycles. The highest BCUT2D eigenvalue weighted by atomic mass is 35.5. The number of benzene rings is 2. The summed E-state index contributed by atoms with van der Waals surface area (Å²) in [6, 6.07) is 9.96. The monoisotopic (exact) mass is 485 g/mol. The van der Waals surface area contributed by atoms with Crippen molar-refractivity contribution in [3.63, 3.8) is 0 Å². The first-order chi connectivity index (χ1) is 13.6. The molecule has 0 aromatic heterocycles. The third-order valence-corrected chi connectivity index (χ3v) is 6.44. The molecular formula is C19H17Cl3F3NO2S. The topological polar surface area (TPSA) is 49.3 Å². The van der Waals surface area contributed by atoms with Crippen LogP contribution in [0.1, 0.15) is 16.7 Å². The highest BCUT2D eigenvalue weighted by molar-refractivity contribution is 7.98. The van der Waals surface area contributed by atoms with Crippen LogP contribution in [0, 0.1) is 0 Å². The second kappa shape index (κ2) is 10.8. The number of carboxylic acids is 1. The summed E-state index contributed by atoms with van der Waals surface area (Å²) in [5, 5.41) is 12.6. The summed E-state index contributed by atoms with van der Waals surface area (Å²) in [6.45, 7) is 2.04. The minimum atomic E-state index is -5.08. The van der Waals surface area contributed by atoms with Gasteiger partial charge in [-0.1, -0.05) is 46.9 Å². The SMILES string of the molecule is Clc1ccc(CSc2c(Cl)ccc3c2CCNCC3)cc1Cl.O=C(O)C(F)(F)F. The van der Waals surface area contributed by atoms with Crippen LogP contribution in [-0.2, 0) is 23.4 Å². The van der Waals surface area contributed by atoms with Crippen molar-refractivity contribution in [2.24, 2.45) is 0 Å². The lowest BCUT2D eigenvalue weighted by Gasteiger charge is -2.14. The third kappa shape index (κ3) is 7.26. The average Bonchev–Trinajstić information content (AvgIpc) is 2.89. The third-order valence-electron chi connectivity index (χ3n) is 4.04. The van der Waals surface area contributed by atoms with Crippen LogP contribution in [0.15, 0.2) is 35.2 Å². The summed E-state index contributed by atoms with van der Waals surface area (Å²) in [5.41, 5.74) is 3.95. The zero-order chi connectivity index (χ0) is 21.6. The van der Waals surface area contributed by atoms with Crippen molar-refractivity contribution in [3.05, 3.63) is 62.1 Å². The fraction of sp³-hybridized carbons (Fsp3) is 0.316. The molecule has 0 saturated carbocycles. The molecule has 0 saturated heterocycles. The molecule has 158 valence electrons. The number of aliphatic carboxylic acids is 1. The van der Waals surface area contributed by atoms with E-state index in [1.54, 1.807) is 11.8 Å². The summed E-state index contributed by atoms with van der Waals surface area (Å²) in [7, 11) is 0. The summed E-state index contributed by atoms with van der Waals surface area (Å²) < 4.78 is 31.7. The van der Waals surface area contributed by atoms with Gasteiger partial charge < -0.3 is 10.4 Å². The fourth-order valence-corrected chi connectivity index (χ4v) is 4.42. The Kier molecular flexibility index (Phi) is 8.97. The van der Waals surface area contributed by atoms with Crippen LogP contribution in [0.25, 0.3) is 0 Å². The van der Waals surface area contributed by atoms with Gasteiger partial charge in [0.2, 0.25) is 0 Å². The van der Waals surface area contributed by atoms with Gasteiger partial charge in [-0.15, -0.1) is 11.8 Å². The normalized spacial score (nSPS) is 13.7. The predicted octanol–water partition coefficient (Wildman–Crippen LogP) is 6.26. The van der Waals surface area contributed by atoms with Crippen LogP contribution in [0.3, 0.4) is 0 Å². The summed E-state index contributed by atoms with van der Waals surface area (Å²) in [6.07, 6.45) is -2.99. The van der Waals surface area contributed by atoms with Crippen molar-refractivity contribution in [3.8, 4) is 0 Å². The molecule has 0 aliphatic carbocycles. The molecule has 0 atom stereocenters. The fourth-order valence-electron chi connectivity index (χ4n) is 2.65. The van der Waals surface area contributed by atoms with Crippen LogP contribution in [0.5, 0.6) is 0 Å². The lowest BCUT2D eigenvalue weighted by Crippen LogP contribution is -2.21. The Bertz CT molecular complexity index is 879. The number of hydrogen-bond donors (Lipinski definition) is 2. The molecule has 1 heterocycles. The number of carboxylic acid groups (broad SMARTS) is 1. The number of alkyl halides is 3. The zero-order valence-electron chi connectivity index (χ0n) is 15.0. The van der Waals surface area contributed by atoms with E-state index in [0.717, 1.165) is 42.3 Å². The molecule has 1 aliphatic rings. The van der Waals surface area contributed by atoms with Gasteiger partial charge in [-0.3, -0.25) is 0 Å². The smallest absolute Gasteiger partial charge is 0.475 e. The number of nitrogens with one attached hydrogen (secondary N) is 1. The van der Waals surface area contributed by atoms with Gasteiger partial charge in [-0.05, 0) is 60.8 Å². The molecule has 2 aromatic rings. The molecule has 0 amide bonds. The van der Waals surface area contributed by atoms with Crippen LogP contribution in [0.4, 0.5) is 13.2 Å². The van der Waals surface area contributed by atoms with Gasteiger partial charge in [0.25, 0.3) is 0 Å². The van der Waals surface area contributed by atoms with Crippen LogP contribution in [-0.4, -0.2) is 30.3 Å². The Morgan fingerprint density at radius 3 is 2.28 bits per heavy atom. The number of fused-ring (bicyclic) bond motifs is 1. The largest absolute Gasteiger partial charge is 0.490 e. The van der Waals surface area contributed by atoms with Gasteiger partial charge in [0.1, 0.15) is 0 Å². The Morgan fingerprint density at radius 2 is 1.66 bits per heavy atom. The Hall–Kier alpha value is -1.12. The number of carbonyl (C=O) groups is 1. The molecule has 3 nitrogen and oxygen atoms in total. The van der Waals surface area contributed by atoms with Gasteiger partial charge in [0, 0.05) is 10.6 Å². The van der Waals surface area contributed by atoms with Gasteiger partial charge in [0.05, 0.1) is 15.1 Å². The van der Waals surface area contributed by atoms with Gasteiger partial charge in [0.15, 0.2) is 0 Å². The van der Waals surface area contributed by atoms with Crippen molar-refractivity contribution in [2.75, 3.05) is 13.1 Å². The Morgan fingerprint density at radius 1 is 1.03 bits per heavy atom. The molecule has 0 fully saturated rings. The van der Waals surface area contributed by atoms with Crippen molar-refractivity contribution < 1.29 is 23.1 Å². The molecule has 0 bridgehead atoms. The molecule has 3 rings (SSSR count). The van der Waals surface area contributed by atoms with E-state index in [1.165, 1.54) is 16.0 Å². The second-order valence-corrected chi connectivity index (χ2v) is 8.31. The highest BCUT2D eigenvalue weighted by Gasteiger charge is 2.38. The second-order valence-electron chi connectivity index (χ2n) is 6.10. The predicted molar refractivity (Wildman–Crippen MR) is 111 cm³/mol. The van der Waals surface area contributed by atoms with E-state index in [4.69, 9.17) is 44.7 Å². The quantitative estimate of drug-likeness (QED) is 0.503. The first-order valence-electron chi connectivity index (χ1n) is 8.47. The first-order valence-corrected chi connectivity index (χ1v) is 10.6. The maximum Gasteiger partial charge on any atom is 0.490 e. The van der Waals surface area contributed by atoms with Gasteiger partial charge in [-0.2, -0.15) is 13.2 Å². The number of halogens is 6. The molecular weight excluding hydrogens is 470 g/mol. The lowest BCUT2D eigenvalue weighted by atomic mass is 10.0. The molecule has 29 heavy (non-hydrogen) atoms. The molecule has 2 aromatic carbocycles. The van der Waals surface area contributed by atoms with Gasteiger partial charge >= 0.3 is 12.1 Å². The van der Waals surface area contributed by atoms with E-state index in [9.17, 15) is 13.2 Å². The zero-order valence-corrected chi connectivity index (χ0v) is 18.0. The minimum Gasteiger partial charge on any atom is -0.475 e. The molecule has 10 heteroatoms. The lowest BCUT2D eigenvalue weighted by molar-refractivity contribution is -0.192. The first kappa shape index (κ1) is 24.2. The van der Waals surface area contributed by atoms with Gasteiger partial charge in [-0.25, -0.2) is 4.79 Å². The number of thioether (sulfide) groups is 1. The van der Waals surface area contributed by atoms with Crippen molar-refractivity contribution in [1.82, 2.24) is 5.32 Å². The van der Waals surface area contributed by atoms with Crippen LogP contribution >= 0.6 is 46.6 Å². The standard InChI is InChI=1S/C17H16Cl3NS.C2HF3O2/c18-14-3-1-11(9-16(14)20)10-22-17-13-6-8-21-7-5-12(13)2-4-15(17)19;3-2(4,5)1(6)7/h1-4,9,21H,5-8,10H2;(H,6,7). The molecule has 2 N–H and O–H groups in total. The Labute approximate surface area is 185 Å². The average molecular weight is 487 g/mol. The van der Waals surface area contributed by atoms with E-state index in [-0.39, 0.29) is 0 Å². The highest BCUT2D eigenvalue weighted by Crippen LogP contribution is 2.36. The molecule has 0 unspecified atom stereocenters. The summed E-state index contributed by atoms with van der Waals surface area (Å²) in [5.74, 6) is -1.92. The van der Waals surface area contributed by atoms with Crippen molar-refractivity contribution in [2.45, 2.75) is 29.7 Å². The minimum absolute atomic E-state index is 0.591. The van der Waals surface area contributed by atoms with E-state index in [0.29, 0.717) is 10.0 Å². The van der Waals surface area contributed by atoms with E-state index in [1.807, 2.05) is 24.3 Å². The summed E-state index contributed by atoms with van der Waals surface area (Å²) in [4.78, 5) is 10.1. The van der Waals surface area contributed by atoms with E-state index < -0.39 is 12.1 Å².